The number of hydrogen-bond acceptors (Lipinski definition) is 4. The maximum absolute atomic E-state index is 5.94. The molecule has 2 aromatic rings. The molecular formula is C23H30IN3O3. The van der Waals surface area contributed by atoms with Gasteiger partial charge in [0, 0.05) is 13.6 Å². The molecule has 30 heavy (non-hydrogen) atoms. The minimum Gasteiger partial charge on any atom is -0.493 e. The molecule has 6 nitrogen and oxygen atoms in total. The van der Waals surface area contributed by atoms with Crippen LogP contribution in [0.2, 0.25) is 0 Å². The van der Waals surface area contributed by atoms with Gasteiger partial charge in [-0.05, 0) is 42.5 Å². The molecule has 2 aromatic carbocycles. The molecular weight excluding hydrogens is 493 g/mol. The number of rotatable bonds is 7. The maximum Gasteiger partial charge on any atom is 0.191 e. The number of nitrogens with zero attached hydrogens (tertiary/aromatic N) is 1. The smallest absolute Gasteiger partial charge is 0.191 e. The van der Waals surface area contributed by atoms with E-state index in [2.05, 4.69) is 15.6 Å². The van der Waals surface area contributed by atoms with Crippen LogP contribution in [0.25, 0.3) is 0 Å². The lowest BCUT2D eigenvalue weighted by Gasteiger charge is -2.22. The largest absolute Gasteiger partial charge is 0.493 e. The summed E-state index contributed by atoms with van der Waals surface area (Å²) in [6.07, 6.45) is 4.13. The van der Waals surface area contributed by atoms with Gasteiger partial charge in [0.15, 0.2) is 17.5 Å². The Hall–Kier alpha value is -2.00. The number of methoxy groups -OCH3 is 1. The SMILES string of the molecule is CN=C(NCc1ccc(OCc2ccccc2)c(OC)c1)NC1CC2CCC1O2.I. The van der Waals surface area contributed by atoms with E-state index < -0.39 is 0 Å². The Morgan fingerprint density at radius 2 is 1.93 bits per heavy atom. The van der Waals surface area contributed by atoms with Crippen molar-refractivity contribution in [1.82, 2.24) is 10.6 Å². The summed E-state index contributed by atoms with van der Waals surface area (Å²) >= 11 is 0. The number of nitrogens with one attached hydrogen (secondary N) is 2. The first kappa shape index (κ1) is 22.7. The Labute approximate surface area is 195 Å². The highest BCUT2D eigenvalue weighted by molar-refractivity contribution is 14.0. The second-order valence-corrected chi connectivity index (χ2v) is 7.55. The average molecular weight is 523 g/mol. The molecule has 0 aromatic heterocycles. The van der Waals surface area contributed by atoms with E-state index in [-0.39, 0.29) is 24.0 Å². The fourth-order valence-corrected chi connectivity index (χ4v) is 4.02. The third-order valence-corrected chi connectivity index (χ3v) is 5.58. The maximum atomic E-state index is 5.94. The monoisotopic (exact) mass is 523 g/mol. The Morgan fingerprint density at radius 3 is 2.60 bits per heavy atom. The van der Waals surface area contributed by atoms with Gasteiger partial charge in [-0.3, -0.25) is 4.99 Å². The number of benzene rings is 2. The van der Waals surface area contributed by atoms with Crippen molar-refractivity contribution < 1.29 is 14.2 Å². The Morgan fingerprint density at radius 1 is 1.10 bits per heavy atom. The minimum atomic E-state index is 0. The summed E-state index contributed by atoms with van der Waals surface area (Å²) in [6, 6.07) is 16.5. The van der Waals surface area contributed by atoms with Gasteiger partial charge in [0.2, 0.25) is 0 Å². The van der Waals surface area contributed by atoms with Crippen LogP contribution < -0.4 is 20.1 Å². The highest BCUT2D eigenvalue weighted by atomic mass is 127. The first-order valence-electron chi connectivity index (χ1n) is 10.2. The summed E-state index contributed by atoms with van der Waals surface area (Å²) in [6.45, 7) is 1.16. The summed E-state index contributed by atoms with van der Waals surface area (Å²) in [5, 5.41) is 6.89. The molecule has 2 aliphatic heterocycles. The normalized spacial score (nSPS) is 22.3. The van der Waals surface area contributed by atoms with Crippen LogP contribution in [0.5, 0.6) is 11.5 Å². The highest BCUT2D eigenvalue weighted by Gasteiger charge is 2.41. The third kappa shape index (κ3) is 5.57. The van der Waals surface area contributed by atoms with Gasteiger partial charge in [-0.2, -0.15) is 0 Å². The van der Waals surface area contributed by atoms with E-state index in [1.807, 2.05) is 48.5 Å². The highest BCUT2D eigenvalue weighted by Crippen LogP contribution is 2.34. The summed E-state index contributed by atoms with van der Waals surface area (Å²) in [5.41, 5.74) is 2.22. The standard InChI is InChI=1S/C23H29N3O3.HI/c1-24-23(26-19-13-18-9-11-20(19)29-18)25-14-17-8-10-21(22(12-17)27-2)28-15-16-6-4-3-5-7-16;/h3-8,10,12,18-20H,9,11,13-15H2,1-2H3,(H2,24,25,26);1H. The second-order valence-electron chi connectivity index (χ2n) is 7.55. The van der Waals surface area contributed by atoms with E-state index in [9.17, 15) is 0 Å². The van der Waals surface area contributed by atoms with Crippen molar-refractivity contribution in [2.75, 3.05) is 14.2 Å². The molecule has 7 heteroatoms. The lowest BCUT2D eigenvalue weighted by Crippen LogP contribution is -2.47. The number of halogens is 1. The van der Waals surface area contributed by atoms with E-state index in [0.717, 1.165) is 41.4 Å². The van der Waals surface area contributed by atoms with Gasteiger partial charge >= 0.3 is 0 Å². The van der Waals surface area contributed by atoms with Crippen molar-refractivity contribution >= 4 is 29.9 Å². The van der Waals surface area contributed by atoms with Gasteiger partial charge in [-0.25, -0.2) is 0 Å². The average Bonchev–Trinajstić information content (AvgIpc) is 3.39. The van der Waals surface area contributed by atoms with Crippen molar-refractivity contribution in [3.8, 4) is 11.5 Å². The van der Waals surface area contributed by atoms with Crippen molar-refractivity contribution in [1.29, 1.82) is 0 Å². The Bertz CT molecular complexity index is 847. The van der Waals surface area contributed by atoms with Crippen LogP contribution in [0.3, 0.4) is 0 Å². The molecule has 0 aliphatic carbocycles. The number of aliphatic imine (C=N–C) groups is 1. The molecule has 3 unspecified atom stereocenters. The van der Waals surface area contributed by atoms with Crippen LogP contribution in [-0.4, -0.2) is 38.4 Å². The number of guanidine groups is 1. The molecule has 0 amide bonds. The zero-order valence-electron chi connectivity index (χ0n) is 17.5. The van der Waals surface area contributed by atoms with Gasteiger partial charge < -0.3 is 24.8 Å². The summed E-state index contributed by atoms with van der Waals surface area (Å²) < 4.78 is 17.4. The van der Waals surface area contributed by atoms with Crippen LogP contribution in [0.1, 0.15) is 30.4 Å². The quantitative estimate of drug-likeness (QED) is 0.328. The lowest BCUT2D eigenvalue weighted by atomic mass is 9.96. The van der Waals surface area contributed by atoms with E-state index >= 15 is 0 Å². The molecule has 0 spiro atoms. The molecule has 4 rings (SSSR count). The van der Waals surface area contributed by atoms with Gasteiger partial charge in [0.05, 0.1) is 25.4 Å². The van der Waals surface area contributed by atoms with Crippen molar-refractivity contribution in [3.05, 3.63) is 59.7 Å². The fourth-order valence-electron chi connectivity index (χ4n) is 4.02. The number of hydrogen-bond donors (Lipinski definition) is 2. The predicted octanol–water partition coefficient (Wildman–Crippen LogP) is 3.88. The molecule has 2 aliphatic rings. The summed E-state index contributed by atoms with van der Waals surface area (Å²) in [7, 11) is 3.46. The third-order valence-electron chi connectivity index (χ3n) is 5.58. The molecule has 0 radical (unpaired) electrons. The van der Waals surface area contributed by atoms with Crippen LogP contribution in [0.15, 0.2) is 53.5 Å². The second kappa shape index (κ2) is 10.9. The topological polar surface area (TPSA) is 64.1 Å². The molecule has 2 fully saturated rings. The molecule has 2 heterocycles. The van der Waals surface area contributed by atoms with Crippen molar-refractivity contribution in [2.24, 2.45) is 4.99 Å². The Balaban J connectivity index is 0.00000256. The van der Waals surface area contributed by atoms with Crippen LogP contribution in [0.4, 0.5) is 0 Å². The molecule has 0 saturated carbocycles. The Kier molecular flexibility index (Phi) is 8.21. The summed E-state index contributed by atoms with van der Waals surface area (Å²) in [5.74, 6) is 2.26. The zero-order valence-corrected chi connectivity index (χ0v) is 19.8. The van der Waals surface area contributed by atoms with E-state index in [4.69, 9.17) is 14.2 Å². The molecule has 2 saturated heterocycles. The van der Waals surface area contributed by atoms with E-state index in [1.165, 1.54) is 6.42 Å². The first-order chi connectivity index (χ1) is 14.2. The van der Waals surface area contributed by atoms with Gasteiger partial charge in [0.25, 0.3) is 0 Å². The lowest BCUT2D eigenvalue weighted by molar-refractivity contribution is 0.0992. The minimum absolute atomic E-state index is 0. The van der Waals surface area contributed by atoms with Gasteiger partial charge in [-0.15, -0.1) is 24.0 Å². The van der Waals surface area contributed by atoms with E-state index in [0.29, 0.717) is 31.4 Å². The van der Waals surface area contributed by atoms with E-state index in [1.54, 1.807) is 14.2 Å². The van der Waals surface area contributed by atoms with Crippen LogP contribution >= 0.6 is 24.0 Å². The number of ether oxygens (including phenoxy) is 3. The molecule has 162 valence electrons. The molecule has 2 bridgehead atoms. The van der Waals surface area contributed by atoms with Crippen molar-refractivity contribution in [2.45, 2.75) is 50.7 Å². The molecule has 2 N–H and O–H groups in total. The van der Waals surface area contributed by atoms with Crippen LogP contribution in [-0.2, 0) is 17.9 Å². The first-order valence-corrected chi connectivity index (χ1v) is 10.2. The number of fused-ring (bicyclic) bond motifs is 2. The predicted molar refractivity (Wildman–Crippen MR) is 129 cm³/mol. The van der Waals surface area contributed by atoms with Gasteiger partial charge in [-0.1, -0.05) is 36.4 Å². The zero-order chi connectivity index (χ0) is 20.1. The van der Waals surface area contributed by atoms with Crippen LogP contribution in [0, 0.1) is 0 Å². The van der Waals surface area contributed by atoms with Gasteiger partial charge in [0.1, 0.15) is 6.61 Å². The molecule has 3 atom stereocenters. The van der Waals surface area contributed by atoms with Crippen molar-refractivity contribution in [3.63, 3.8) is 0 Å². The summed E-state index contributed by atoms with van der Waals surface area (Å²) in [4.78, 5) is 4.36. The fraction of sp³-hybridized carbons (Fsp3) is 0.435.